The van der Waals surface area contributed by atoms with E-state index in [0.717, 1.165) is 18.4 Å². The first-order valence-corrected chi connectivity index (χ1v) is 14.6. The highest BCUT2D eigenvalue weighted by Crippen LogP contribution is 2.09. The highest BCUT2D eigenvalue weighted by molar-refractivity contribution is 7.98. The Hall–Kier alpha value is -3.16. The lowest BCUT2D eigenvalue weighted by atomic mass is 10.0. The molecule has 0 aliphatic carbocycles. The second kappa shape index (κ2) is 21.6. The van der Waals surface area contributed by atoms with Crippen LogP contribution in [0.3, 0.4) is 0 Å². The molecule has 0 heterocycles. The second-order valence-electron chi connectivity index (χ2n) is 9.63. The number of carboxylic acid groups (broad SMARTS) is 2. The van der Waals surface area contributed by atoms with Crippen LogP contribution in [-0.4, -0.2) is 83.1 Å². The van der Waals surface area contributed by atoms with Crippen LogP contribution in [0.4, 0.5) is 0 Å². The maximum atomic E-state index is 12.8. The summed E-state index contributed by atoms with van der Waals surface area (Å²) in [5.41, 5.74) is 11.2. The molecule has 4 unspecified atom stereocenters. The van der Waals surface area contributed by atoms with Crippen molar-refractivity contribution < 1.29 is 34.2 Å². The molecule has 0 radical (unpaired) electrons. The Balaban J connectivity index is 0.00000129. The van der Waals surface area contributed by atoms with Gasteiger partial charge in [0.15, 0.2) is 0 Å². The second-order valence-corrected chi connectivity index (χ2v) is 10.6. The molecule has 1 aromatic rings. The summed E-state index contributed by atoms with van der Waals surface area (Å²) in [6.45, 7) is 4.41. The predicted molar refractivity (Wildman–Crippen MR) is 156 cm³/mol. The van der Waals surface area contributed by atoms with Crippen molar-refractivity contribution in [1.82, 2.24) is 16.0 Å². The summed E-state index contributed by atoms with van der Waals surface area (Å²) in [4.78, 5) is 58.1. The fourth-order valence-corrected chi connectivity index (χ4v) is 4.01. The van der Waals surface area contributed by atoms with E-state index in [9.17, 15) is 29.1 Å². The molecule has 13 heteroatoms. The van der Waals surface area contributed by atoms with Crippen molar-refractivity contribution in [3.8, 4) is 0 Å². The van der Waals surface area contributed by atoms with Crippen molar-refractivity contribution in [3.63, 3.8) is 0 Å². The molecule has 9 N–H and O–H groups in total. The van der Waals surface area contributed by atoms with Gasteiger partial charge in [-0.3, -0.25) is 19.2 Å². The predicted octanol–water partition coefficient (Wildman–Crippen LogP) is 0.724. The number of carbonyl (C=O) groups excluding carboxylic acids is 3. The van der Waals surface area contributed by atoms with Crippen LogP contribution in [0.15, 0.2) is 30.3 Å². The third-order valence-corrected chi connectivity index (χ3v) is 6.36. The standard InChI is InChI=1S/C21H31N3O5S.C6H14N2O2/c1-14(2)11-17(23-19(26)16(22-13-25)9-10-30-3)20(27)24-18(21(28)29)12-15-7-5-4-6-8-15;7-4-2-1-3-5(8)6(9)10/h4-8,13-14,16-18H,9-12H2,1-3H3,(H,22,25)(H,23,26)(H,24,27)(H,28,29);5H,1-4,7-8H2,(H,9,10). The number of hydrogen-bond acceptors (Lipinski definition) is 8. The van der Waals surface area contributed by atoms with Gasteiger partial charge in [-0.2, -0.15) is 11.8 Å². The van der Waals surface area contributed by atoms with Crippen LogP contribution in [-0.2, 0) is 30.4 Å². The zero-order valence-corrected chi connectivity index (χ0v) is 24.3. The first-order valence-electron chi connectivity index (χ1n) is 13.2. The van der Waals surface area contributed by atoms with Crippen molar-refractivity contribution in [2.45, 2.75) is 76.5 Å². The average molecular weight is 584 g/mol. The minimum Gasteiger partial charge on any atom is -0.480 e. The van der Waals surface area contributed by atoms with E-state index in [2.05, 4.69) is 16.0 Å². The van der Waals surface area contributed by atoms with Crippen molar-refractivity contribution >= 4 is 41.9 Å². The van der Waals surface area contributed by atoms with Gasteiger partial charge in [-0.05, 0) is 55.7 Å². The Kier molecular flexibility index (Phi) is 19.9. The summed E-state index contributed by atoms with van der Waals surface area (Å²) in [6, 6.07) is 5.51. The molecular weight excluding hydrogens is 538 g/mol. The first kappa shape index (κ1) is 36.8. The van der Waals surface area contributed by atoms with E-state index in [1.165, 1.54) is 0 Å². The van der Waals surface area contributed by atoms with E-state index in [-0.39, 0.29) is 12.3 Å². The lowest BCUT2D eigenvalue weighted by molar-refractivity contribution is -0.142. The van der Waals surface area contributed by atoms with E-state index < -0.39 is 47.9 Å². The third-order valence-electron chi connectivity index (χ3n) is 5.72. The number of rotatable bonds is 19. The molecule has 40 heavy (non-hydrogen) atoms. The molecule has 4 atom stereocenters. The highest BCUT2D eigenvalue weighted by atomic mass is 32.2. The molecule has 1 aromatic carbocycles. The van der Waals surface area contributed by atoms with Gasteiger partial charge in [0.05, 0.1) is 0 Å². The number of hydrogen-bond donors (Lipinski definition) is 7. The minimum atomic E-state index is -1.15. The largest absolute Gasteiger partial charge is 0.480 e. The van der Waals surface area contributed by atoms with Gasteiger partial charge in [0.1, 0.15) is 24.2 Å². The molecule has 0 saturated carbocycles. The van der Waals surface area contributed by atoms with Crippen molar-refractivity contribution in [3.05, 3.63) is 35.9 Å². The SMILES string of the molecule is CSCCC(NC=O)C(=O)NC(CC(C)C)C(=O)NC(Cc1ccccc1)C(=O)O.NCCCCC(N)C(=O)O. The molecule has 0 bridgehead atoms. The van der Waals surface area contributed by atoms with E-state index >= 15 is 0 Å². The maximum Gasteiger partial charge on any atom is 0.326 e. The maximum absolute atomic E-state index is 12.8. The summed E-state index contributed by atoms with van der Waals surface area (Å²) in [5.74, 6) is -2.36. The summed E-state index contributed by atoms with van der Waals surface area (Å²) >= 11 is 1.54. The molecule has 226 valence electrons. The van der Waals surface area contributed by atoms with Crippen molar-refractivity contribution in [1.29, 1.82) is 0 Å². The van der Waals surface area contributed by atoms with Crippen LogP contribution in [0.5, 0.6) is 0 Å². The minimum absolute atomic E-state index is 0.0853. The zero-order valence-electron chi connectivity index (χ0n) is 23.5. The van der Waals surface area contributed by atoms with Crippen LogP contribution in [0.25, 0.3) is 0 Å². The normalized spacial score (nSPS) is 13.6. The number of benzene rings is 1. The molecule has 3 amide bonds. The van der Waals surface area contributed by atoms with Crippen LogP contribution >= 0.6 is 11.8 Å². The molecule has 0 aliphatic heterocycles. The third kappa shape index (κ3) is 16.7. The smallest absolute Gasteiger partial charge is 0.326 e. The fourth-order valence-electron chi connectivity index (χ4n) is 3.54. The van der Waals surface area contributed by atoms with Crippen LogP contribution in [0.1, 0.15) is 51.5 Å². The average Bonchev–Trinajstić information content (AvgIpc) is 2.90. The van der Waals surface area contributed by atoms with Gasteiger partial charge in [0.25, 0.3) is 0 Å². The van der Waals surface area contributed by atoms with Gasteiger partial charge in [-0.15, -0.1) is 0 Å². The Morgan fingerprint density at radius 3 is 2.02 bits per heavy atom. The van der Waals surface area contributed by atoms with Crippen molar-refractivity contribution in [2.24, 2.45) is 17.4 Å². The Labute approximate surface area is 240 Å². The molecule has 0 spiro atoms. The van der Waals surface area contributed by atoms with Gasteiger partial charge < -0.3 is 37.6 Å². The van der Waals surface area contributed by atoms with E-state index in [1.54, 1.807) is 36.0 Å². The Morgan fingerprint density at radius 2 is 1.52 bits per heavy atom. The van der Waals surface area contributed by atoms with E-state index in [1.807, 2.05) is 26.2 Å². The number of nitrogens with two attached hydrogens (primary N) is 2. The number of aliphatic carboxylic acids is 2. The monoisotopic (exact) mass is 583 g/mol. The zero-order chi connectivity index (χ0) is 30.5. The molecule has 0 aromatic heterocycles. The van der Waals surface area contributed by atoms with Gasteiger partial charge in [0, 0.05) is 6.42 Å². The molecule has 0 fully saturated rings. The van der Waals surface area contributed by atoms with Crippen molar-refractivity contribution in [2.75, 3.05) is 18.6 Å². The molecule has 1 rings (SSSR count). The quantitative estimate of drug-likeness (QED) is 0.0895. The topological polar surface area (TPSA) is 214 Å². The lowest BCUT2D eigenvalue weighted by Crippen LogP contribution is -2.55. The van der Waals surface area contributed by atoms with Crippen LogP contribution < -0.4 is 27.4 Å². The lowest BCUT2D eigenvalue weighted by Gasteiger charge is -2.25. The van der Waals surface area contributed by atoms with E-state index in [0.29, 0.717) is 38.0 Å². The number of nitrogens with one attached hydrogen (secondary N) is 3. The highest BCUT2D eigenvalue weighted by Gasteiger charge is 2.29. The number of thioether (sulfide) groups is 1. The molecular formula is C27H45N5O7S. The molecule has 0 saturated heterocycles. The molecule has 0 aliphatic rings. The Morgan fingerprint density at radius 1 is 0.925 bits per heavy atom. The number of unbranched alkanes of at least 4 members (excludes halogenated alkanes) is 1. The van der Waals surface area contributed by atoms with Gasteiger partial charge in [0.2, 0.25) is 18.2 Å². The summed E-state index contributed by atoms with van der Waals surface area (Å²) in [6.07, 6.45) is 5.41. The summed E-state index contributed by atoms with van der Waals surface area (Å²) in [5, 5.41) is 25.5. The summed E-state index contributed by atoms with van der Waals surface area (Å²) < 4.78 is 0. The first-order chi connectivity index (χ1) is 19.0. The molecule has 12 nitrogen and oxygen atoms in total. The van der Waals surface area contributed by atoms with Gasteiger partial charge >= 0.3 is 11.9 Å². The van der Waals surface area contributed by atoms with Gasteiger partial charge in [-0.25, -0.2) is 4.79 Å². The van der Waals surface area contributed by atoms with Crippen LogP contribution in [0, 0.1) is 5.92 Å². The van der Waals surface area contributed by atoms with Crippen LogP contribution in [0.2, 0.25) is 0 Å². The van der Waals surface area contributed by atoms with Gasteiger partial charge in [-0.1, -0.05) is 50.6 Å². The summed E-state index contributed by atoms with van der Waals surface area (Å²) in [7, 11) is 0. The van der Waals surface area contributed by atoms with E-state index in [4.69, 9.17) is 16.6 Å². The number of carbonyl (C=O) groups is 5. The number of carboxylic acids is 2. The fraction of sp³-hybridized carbons (Fsp3) is 0.593. The Bertz CT molecular complexity index is 905. The number of amides is 3.